The Labute approximate surface area is 242 Å². The molecule has 0 atom stereocenters. The van der Waals surface area contributed by atoms with Gasteiger partial charge in [0, 0.05) is 23.0 Å². The van der Waals surface area contributed by atoms with Crippen LogP contribution in [-0.2, 0) is 16.8 Å². The van der Waals surface area contributed by atoms with Gasteiger partial charge in [0.15, 0.2) is 0 Å². The van der Waals surface area contributed by atoms with E-state index in [1.165, 1.54) is 11.0 Å². The van der Waals surface area contributed by atoms with Gasteiger partial charge in [-0.3, -0.25) is 4.79 Å². The number of benzene rings is 3. The van der Waals surface area contributed by atoms with Gasteiger partial charge in [-0.2, -0.15) is 5.10 Å². The Hall–Kier alpha value is -3.52. The van der Waals surface area contributed by atoms with Crippen molar-refractivity contribution in [3.8, 4) is 5.69 Å². The van der Waals surface area contributed by atoms with Crippen molar-refractivity contribution < 1.29 is 9.59 Å². The minimum Gasteiger partial charge on any atom is -0.311 e. The first-order chi connectivity index (χ1) is 18.5. The summed E-state index contributed by atoms with van der Waals surface area (Å²) in [6.45, 7) is 6.07. The summed E-state index contributed by atoms with van der Waals surface area (Å²) in [5.41, 5.74) is 2.37. The highest BCUT2D eigenvalue weighted by Crippen LogP contribution is 2.29. The molecule has 0 aliphatic carbocycles. The quantitative estimate of drug-likeness (QED) is 0.233. The van der Waals surface area contributed by atoms with Crippen molar-refractivity contribution in [3.63, 3.8) is 0 Å². The number of halogens is 3. The van der Waals surface area contributed by atoms with Crippen LogP contribution in [0, 0.1) is 0 Å². The maximum absolute atomic E-state index is 13.4. The zero-order valence-corrected chi connectivity index (χ0v) is 24.0. The zero-order valence-electron chi connectivity index (χ0n) is 21.7. The Bertz CT molecular complexity index is 1480. The second kappa shape index (κ2) is 12.1. The van der Waals surface area contributed by atoms with Crippen molar-refractivity contribution in [2.75, 3.05) is 17.2 Å². The molecule has 3 aromatic carbocycles. The summed E-state index contributed by atoms with van der Waals surface area (Å²) in [5, 5.41) is 11.6. The fourth-order valence-electron chi connectivity index (χ4n) is 3.79. The SMILES string of the molecule is CC(C)(C)c1cc(NC(=O)CN(Cc2ccccc2)C(=O)Nc2ccc(Cl)cc2Cl)n(-c2ccccc2Cl)n1. The number of carbonyl (C=O) groups excluding carboxylic acids is 2. The first-order valence-corrected chi connectivity index (χ1v) is 13.3. The van der Waals surface area contributed by atoms with Gasteiger partial charge in [-0.05, 0) is 35.9 Å². The molecule has 10 heteroatoms. The topological polar surface area (TPSA) is 79.3 Å². The van der Waals surface area contributed by atoms with E-state index in [4.69, 9.17) is 39.9 Å². The number of nitrogens with one attached hydrogen (secondary N) is 2. The fraction of sp³-hybridized carbons (Fsp3) is 0.207. The van der Waals surface area contributed by atoms with Gasteiger partial charge < -0.3 is 15.5 Å². The molecule has 39 heavy (non-hydrogen) atoms. The third-order valence-corrected chi connectivity index (χ3v) is 6.70. The Kier molecular flexibility index (Phi) is 8.85. The fourth-order valence-corrected chi connectivity index (χ4v) is 4.46. The molecule has 0 spiro atoms. The molecule has 1 heterocycles. The molecule has 0 saturated carbocycles. The number of anilines is 2. The van der Waals surface area contributed by atoms with Crippen LogP contribution in [0.15, 0.2) is 78.9 Å². The number of nitrogens with zero attached hydrogens (tertiary/aromatic N) is 3. The number of hydrogen-bond acceptors (Lipinski definition) is 3. The van der Waals surface area contributed by atoms with Gasteiger partial charge in [-0.25, -0.2) is 9.48 Å². The highest BCUT2D eigenvalue weighted by atomic mass is 35.5. The second-order valence-electron chi connectivity index (χ2n) is 9.97. The molecule has 0 unspecified atom stereocenters. The molecule has 0 aliphatic heterocycles. The maximum atomic E-state index is 13.4. The van der Waals surface area contributed by atoms with Crippen molar-refractivity contribution in [2.24, 2.45) is 0 Å². The first kappa shape index (κ1) is 28.5. The summed E-state index contributed by atoms with van der Waals surface area (Å²) < 4.78 is 1.61. The van der Waals surface area contributed by atoms with Gasteiger partial charge in [0.05, 0.1) is 27.1 Å². The molecule has 0 bridgehead atoms. The van der Waals surface area contributed by atoms with Gasteiger partial charge in [-0.15, -0.1) is 0 Å². The molecule has 2 N–H and O–H groups in total. The van der Waals surface area contributed by atoms with Crippen molar-refractivity contribution in [1.29, 1.82) is 0 Å². The van der Waals surface area contributed by atoms with E-state index in [2.05, 4.69) is 10.6 Å². The number of amides is 3. The van der Waals surface area contributed by atoms with E-state index in [1.807, 2.05) is 75.4 Å². The lowest BCUT2D eigenvalue weighted by molar-refractivity contribution is -0.116. The summed E-state index contributed by atoms with van der Waals surface area (Å²) in [6.07, 6.45) is 0. The number of urea groups is 1. The van der Waals surface area contributed by atoms with Crippen LogP contribution in [0.2, 0.25) is 15.1 Å². The molecule has 4 rings (SSSR count). The van der Waals surface area contributed by atoms with E-state index in [9.17, 15) is 9.59 Å². The third-order valence-electron chi connectivity index (χ3n) is 5.84. The van der Waals surface area contributed by atoms with Crippen LogP contribution in [0.5, 0.6) is 0 Å². The van der Waals surface area contributed by atoms with E-state index in [-0.39, 0.29) is 18.5 Å². The predicted octanol–water partition coefficient (Wildman–Crippen LogP) is 7.80. The zero-order chi connectivity index (χ0) is 28.2. The van der Waals surface area contributed by atoms with Crippen molar-refractivity contribution in [3.05, 3.63) is 105 Å². The average Bonchev–Trinajstić information content (AvgIpc) is 3.30. The highest BCUT2D eigenvalue weighted by molar-refractivity contribution is 6.36. The van der Waals surface area contributed by atoms with Gasteiger partial charge in [0.2, 0.25) is 5.91 Å². The second-order valence-corrected chi connectivity index (χ2v) is 11.2. The molecule has 202 valence electrons. The molecular weight excluding hydrogens is 557 g/mol. The predicted molar refractivity (Wildman–Crippen MR) is 158 cm³/mol. The summed E-state index contributed by atoms with van der Waals surface area (Å²) in [4.78, 5) is 28.1. The Morgan fingerprint density at radius 3 is 2.23 bits per heavy atom. The number of carbonyl (C=O) groups is 2. The molecule has 0 aliphatic rings. The smallest absolute Gasteiger partial charge is 0.311 e. The minimum atomic E-state index is -0.492. The maximum Gasteiger partial charge on any atom is 0.322 e. The Morgan fingerprint density at radius 2 is 1.56 bits per heavy atom. The third kappa shape index (κ3) is 7.32. The van der Waals surface area contributed by atoms with Crippen LogP contribution in [0.3, 0.4) is 0 Å². The average molecular weight is 585 g/mol. The lowest BCUT2D eigenvalue weighted by Crippen LogP contribution is -2.40. The Morgan fingerprint density at radius 1 is 0.872 bits per heavy atom. The van der Waals surface area contributed by atoms with E-state index in [0.29, 0.717) is 32.3 Å². The summed E-state index contributed by atoms with van der Waals surface area (Å²) in [6, 6.07) is 22.7. The van der Waals surface area contributed by atoms with E-state index in [1.54, 1.807) is 22.9 Å². The summed E-state index contributed by atoms with van der Waals surface area (Å²) in [7, 11) is 0. The highest BCUT2D eigenvalue weighted by Gasteiger charge is 2.24. The number of aromatic nitrogens is 2. The molecule has 4 aromatic rings. The normalized spacial score (nSPS) is 11.2. The molecule has 0 radical (unpaired) electrons. The standard InChI is InChI=1S/C29H28Cl3N5O2/c1-29(2,3)25-16-26(37(35-25)24-12-8-7-11-21(24)31)34-27(38)18-36(17-19-9-5-4-6-10-19)28(39)33-23-14-13-20(30)15-22(23)32/h4-16H,17-18H2,1-3H3,(H,33,39)(H,34,38). The van der Waals surface area contributed by atoms with Crippen molar-refractivity contribution in [2.45, 2.75) is 32.7 Å². The van der Waals surface area contributed by atoms with Crippen LogP contribution < -0.4 is 10.6 Å². The first-order valence-electron chi connectivity index (χ1n) is 12.2. The molecule has 0 saturated heterocycles. The van der Waals surface area contributed by atoms with Crippen LogP contribution in [0.1, 0.15) is 32.0 Å². The number of para-hydroxylation sites is 1. The van der Waals surface area contributed by atoms with E-state index < -0.39 is 11.9 Å². The molecular formula is C29H28Cl3N5O2. The van der Waals surface area contributed by atoms with E-state index >= 15 is 0 Å². The van der Waals surface area contributed by atoms with Crippen LogP contribution in [-0.4, -0.2) is 33.2 Å². The summed E-state index contributed by atoms with van der Waals surface area (Å²) >= 11 is 18.7. The summed E-state index contributed by atoms with van der Waals surface area (Å²) in [5.74, 6) is 0.0378. The van der Waals surface area contributed by atoms with Gasteiger partial charge in [0.25, 0.3) is 0 Å². The van der Waals surface area contributed by atoms with Gasteiger partial charge in [-0.1, -0.05) is 98.0 Å². The molecule has 7 nitrogen and oxygen atoms in total. The van der Waals surface area contributed by atoms with Crippen LogP contribution in [0.25, 0.3) is 5.69 Å². The largest absolute Gasteiger partial charge is 0.322 e. The van der Waals surface area contributed by atoms with E-state index in [0.717, 1.165) is 11.3 Å². The molecule has 0 fully saturated rings. The molecule has 1 aromatic heterocycles. The lowest BCUT2D eigenvalue weighted by atomic mass is 9.92. The lowest BCUT2D eigenvalue weighted by Gasteiger charge is -2.23. The van der Waals surface area contributed by atoms with Gasteiger partial charge in [0.1, 0.15) is 12.4 Å². The molecule has 3 amide bonds. The Balaban J connectivity index is 1.60. The number of hydrogen-bond donors (Lipinski definition) is 2. The monoisotopic (exact) mass is 583 g/mol. The minimum absolute atomic E-state index is 0.197. The van der Waals surface area contributed by atoms with Crippen LogP contribution in [0.4, 0.5) is 16.3 Å². The van der Waals surface area contributed by atoms with Gasteiger partial charge >= 0.3 is 6.03 Å². The van der Waals surface area contributed by atoms with Crippen molar-refractivity contribution in [1.82, 2.24) is 14.7 Å². The number of rotatable bonds is 7. The van der Waals surface area contributed by atoms with Crippen LogP contribution >= 0.6 is 34.8 Å². The van der Waals surface area contributed by atoms with Crippen molar-refractivity contribution >= 4 is 58.2 Å².